The maximum atomic E-state index is 13.8. The fraction of sp³-hybridized carbons (Fsp3) is 0.176. The number of alkyl halides is 3. The molecule has 1 unspecified atom stereocenters. The van der Waals surface area contributed by atoms with E-state index in [2.05, 4.69) is 5.32 Å². The van der Waals surface area contributed by atoms with Gasteiger partial charge in [-0.1, -0.05) is 36.4 Å². The Labute approximate surface area is 135 Å². The number of nitrogens with one attached hydrogen (secondary N) is 1. The van der Waals surface area contributed by atoms with Gasteiger partial charge in [0.25, 0.3) is 5.91 Å². The summed E-state index contributed by atoms with van der Waals surface area (Å²) in [5.74, 6) is -3.09. The van der Waals surface area contributed by atoms with Gasteiger partial charge < -0.3 is 5.32 Å². The van der Waals surface area contributed by atoms with E-state index in [4.69, 9.17) is 0 Å². The van der Waals surface area contributed by atoms with E-state index in [1.807, 2.05) is 0 Å². The van der Waals surface area contributed by atoms with Gasteiger partial charge in [0.2, 0.25) is 0 Å². The van der Waals surface area contributed by atoms with Gasteiger partial charge in [-0.25, -0.2) is 4.39 Å². The van der Waals surface area contributed by atoms with Crippen molar-refractivity contribution in [2.24, 2.45) is 0 Å². The second-order valence-corrected chi connectivity index (χ2v) is 5.09. The molecule has 0 saturated heterocycles. The van der Waals surface area contributed by atoms with Crippen LogP contribution in [0.4, 0.5) is 17.6 Å². The summed E-state index contributed by atoms with van der Waals surface area (Å²) in [4.78, 5) is 24.2. The topological polar surface area (TPSA) is 46.2 Å². The smallest absolute Gasteiger partial charge is 0.342 e. The fourth-order valence-electron chi connectivity index (χ4n) is 2.18. The summed E-state index contributed by atoms with van der Waals surface area (Å²) in [6, 6.07) is 9.06. The molecule has 1 amide bonds. The first-order valence-corrected chi connectivity index (χ1v) is 6.97. The van der Waals surface area contributed by atoms with Crippen molar-refractivity contribution in [1.82, 2.24) is 5.32 Å². The van der Waals surface area contributed by atoms with Gasteiger partial charge in [0.15, 0.2) is 5.78 Å². The Hall–Kier alpha value is -2.70. The quantitative estimate of drug-likeness (QED) is 0.679. The number of amides is 1. The Morgan fingerprint density at radius 2 is 1.62 bits per heavy atom. The molecule has 0 radical (unpaired) electrons. The molecule has 0 aliphatic heterocycles. The minimum absolute atomic E-state index is 0.287. The van der Waals surface area contributed by atoms with E-state index in [0.29, 0.717) is 6.07 Å². The molecule has 0 aliphatic rings. The van der Waals surface area contributed by atoms with E-state index in [1.165, 1.54) is 19.1 Å². The van der Waals surface area contributed by atoms with Crippen molar-refractivity contribution in [2.45, 2.75) is 19.1 Å². The molecule has 2 aromatic carbocycles. The Bertz CT molecular complexity index is 757. The highest BCUT2D eigenvalue weighted by atomic mass is 19.4. The lowest BCUT2D eigenvalue weighted by atomic mass is 10.0. The van der Waals surface area contributed by atoms with Crippen molar-refractivity contribution >= 4 is 11.7 Å². The molecular formula is C17H13F4NO2. The average molecular weight is 339 g/mol. The molecule has 0 bridgehead atoms. The van der Waals surface area contributed by atoms with E-state index in [0.717, 1.165) is 12.1 Å². The molecule has 0 heterocycles. The number of Topliss-reactive ketones (excluding diaryl/α,β-unsaturated/α-hetero) is 1. The molecule has 0 saturated carbocycles. The van der Waals surface area contributed by atoms with Gasteiger partial charge in [0.05, 0.1) is 17.2 Å². The maximum absolute atomic E-state index is 13.8. The lowest BCUT2D eigenvalue weighted by Gasteiger charge is -2.16. The number of benzene rings is 2. The second-order valence-electron chi connectivity index (χ2n) is 5.09. The van der Waals surface area contributed by atoms with Gasteiger partial charge in [-0.2, -0.15) is 13.2 Å². The third-order valence-electron chi connectivity index (χ3n) is 3.35. The molecule has 0 aliphatic carbocycles. The Kier molecular flexibility index (Phi) is 5.02. The molecule has 1 N–H and O–H groups in total. The lowest BCUT2D eigenvalue weighted by molar-refractivity contribution is -0.138. The van der Waals surface area contributed by atoms with Crippen LogP contribution >= 0.6 is 0 Å². The van der Waals surface area contributed by atoms with Gasteiger partial charge >= 0.3 is 6.18 Å². The SMILES string of the molecule is CC(NC(=O)c1c(F)cccc1C(F)(F)F)C(=O)c1ccccc1. The van der Waals surface area contributed by atoms with E-state index in [1.54, 1.807) is 18.2 Å². The number of carbonyl (C=O) groups excluding carboxylic acids is 2. The van der Waals surface area contributed by atoms with Crippen molar-refractivity contribution in [2.75, 3.05) is 0 Å². The number of ketones is 1. The van der Waals surface area contributed by atoms with E-state index in [-0.39, 0.29) is 5.56 Å². The number of carbonyl (C=O) groups is 2. The molecular weight excluding hydrogens is 326 g/mol. The number of rotatable bonds is 4. The van der Waals surface area contributed by atoms with Crippen LogP contribution in [0.25, 0.3) is 0 Å². The second kappa shape index (κ2) is 6.82. The van der Waals surface area contributed by atoms with Gasteiger partial charge in [-0.3, -0.25) is 9.59 Å². The van der Waals surface area contributed by atoms with Crippen LogP contribution in [0, 0.1) is 5.82 Å². The van der Waals surface area contributed by atoms with Crippen LogP contribution in [0.3, 0.4) is 0 Å². The minimum atomic E-state index is -4.89. The molecule has 0 spiro atoms. The van der Waals surface area contributed by atoms with Crippen molar-refractivity contribution in [3.63, 3.8) is 0 Å². The molecule has 0 aromatic heterocycles. The van der Waals surface area contributed by atoms with E-state index < -0.39 is 40.9 Å². The van der Waals surface area contributed by atoms with Crippen LogP contribution < -0.4 is 5.32 Å². The molecule has 3 nitrogen and oxygen atoms in total. The van der Waals surface area contributed by atoms with Crippen molar-refractivity contribution in [1.29, 1.82) is 0 Å². The van der Waals surface area contributed by atoms with Crippen LogP contribution in [0.15, 0.2) is 48.5 Å². The normalized spacial score (nSPS) is 12.5. The van der Waals surface area contributed by atoms with Gasteiger partial charge in [-0.15, -0.1) is 0 Å². The van der Waals surface area contributed by atoms with E-state index in [9.17, 15) is 27.2 Å². The summed E-state index contributed by atoms with van der Waals surface area (Å²) in [5.41, 5.74) is -2.23. The van der Waals surface area contributed by atoms with Gasteiger partial charge in [-0.05, 0) is 19.1 Å². The average Bonchev–Trinajstić information content (AvgIpc) is 2.53. The van der Waals surface area contributed by atoms with Gasteiger partial charge in [0, 0.05) is 5.56 Å². The Balaban J connectivity index is 2.26. The standard InChI is InChI=1S/C17H13F4NO2/c1-10(15(23)11-6-3-2-4-7-11)22-16(24)14-12(17(19,20)21)8-5-9-13(14)18/h2-10H,1H3,(H,22,24). The van der Waals surface area contributed by atoms with Crippen LogP contribution in [0.5, 0.6) is 0 Å². The summed E-state index contributed by atoms with van der Waals surface area (Å²) in [6.45, 7) is 1.32. The first-order chi connectivity index (χ1) is 11.2. The highest BCUT2D eigenvalue weighted by Gasteiger charge is 2.37. The van der Waals surface area contributed by atoms with Crippen LogP contribution in [-0.4, -0.2) is 17.7 Å². The molecule has 24 heavy (non-hydrogen) atoms. The Morgan fingerprint density at radius 3 is 2.21 bits per heavy atom. The predicted molar refractivity (Wildman–Crippen MR) is 79.1 cm³/mol. The number of hydrogen-bond acceptors (Lipinski definition) is 2. The van der Waals surface area contributed by atoms with Crippen molar-refractivity contribution in [3.8, 4) is 0 Å². The third-order valence-corrected chi connectivity index (χ3v) is 3.35. The first-order valence-electron chi connectivity index (χ1n) is 6.97. The highest BCUT2D eigenvalue weighted by molar-refractivity contribution is 6.04. The minimum Gasteiger partial charge on any atom is -0.342 e. The zero-order valence-corrected chi connectivity index (χ0v) is 12.5. The van der Waals surface area contributed by atoms with E-state index >= 15 is 0 Å². The lowest BCUT2D eigenvalue weighted by Crippen LogP contribution is -2.39. The fourth-order valence-corrected chi connectivity index (χ4v) is 2.18. The summed E-state index contributed by atoms with van der Waals surface area (Å²) >= 11 is 0. The predicted octanol–water partition coefficient (Wildman–Crippen LogP) is 3.85. The first kappa shape index (κ1) is 17.7. The molecule has 126 valence electrons. The maximum Gasteiger partial charge on any atom is 0.417 e. The largest absolute Gasteiger partial charge is 0.417 e. The van der Waals surface area contributed by atoms with Crippen LogP contribution in [0.1, 0.15) is 33.2 Å². The highest BCUT2D eigenvalue weighted by Crippen LogP contribution is 2.33. The zero-order valence-electron chi connectivity index (χ0n) is 12.5. The summed E-state index contributed by atoms with van der Waals surface area (Å²) < 4.78 is 52.6. The number of hydrogen-bond donors (Lipinski definition) is 1. The third kappa shape index (κ3) is 3.79. The summed E-state index contributed by atoms with van der Waals surface area (Å²) in [6.07, 6.45) is -4.89. The Morgan fingerprint density at radius 1 is 1.00 bits per heavy atom. The summed E-state index contributed by atoms with van der Waals surface area (Å²) in [7, 11) is 0. The van der Waals surface area contributed by atoms with Crippen LogP contribution in [-0.2, 0) is 6.18 Å². The zero-order chi connectivity index (χ0) is 17.9. The summed E-state index contributed by atoms with van der Waals surface area (Å²) in [5, 5.41) is 2.12. The molecule has 2 rings (SSSR count). The van der Waals surface area contributed by atoms with Crippen LogP contribution in [0.2, 0.25) is 0 Å². The molecule has 2 aromatic rings. The van der Waals surface area contributed by atoms with Crippen molar-refractivity contribution < 1.29 is 27.2 Å². The van der Waals surface area contributed by atoms with Gasteiger partial charge in [0.1, 0.15) is 5.82 Å². The number of halogens is 4. The molecule has 0 fully saturated rings. The monoisotopic (exact) mass is 339 g/mol. The molecule has 1 atom stereocenters. The van der Waals surface area contributed by atoms with Crippen molar-refractivity contribution in [3.05, 3.63) is 71.0 Å². The molecule has 7 heteroatoms.